The molecule has 0 aliphatic heterocycles. The second-order valence-electron chi connectivity index (χ2n) is 8.86. The molecule has 0 fully saturated rings. The Kier molecular flexibility index (Phi) is 6.53. The van der Waals surface area contributed by atoms with Gasteiger partial charge in [-0.05, 0) is 54.1 Å². The largest absolute Gasteiger partial charge is 0.493 e. The molecule has 6 aromatic rings. The first-order valence-electron chi connectivity index (χ1n) is 12.3. The Labute approximate surface area is 228 Å². The zero-order chi connectivity index (χ0) is 27.6. The van der Waals surface area contributed by atoms with Crippen LogP contribution in [0.1, 0.15) is 0 Å². The molecule has 9 heteroatoms. The van der Waals surface area contributed by atoms with Crippen molar-refractivity contribution in [3.05, 3.63) is 103 Å². The summed E-state index contributed by atoms with van der Waals surface area (Å²) in [5, 5.41) is 4.56. The molecule has 0 aliphatic carbocycles. The van der Waals surface area contributed by atoms with Gasteiger partial charge < -0.3 is 19.5 Å². The first-order chi connectivity index (χ1) is 19.5. The summed E-state index contributed by atoms with van der Waals surface area (Å²) in [6, 6.07) is 19.6. The Morgan fingerprint density at radius 2 is 1.40 bits per heavy atom. The van der Waals surface area contributed by atoms with Crippen molar-refractivity contribution in [1.29, 1.82) is 0 Å². The number of rotatable bonds is 7. The van der Waals surface area contributed by atoms with Crippen LogP contribution in [-0.2, 0) is 0 Å². The van der Waals surface area contributed by atoms with Gasteiger partial charge in [-0.15, -0.1) is 0 Å². The van der Waals surface area contributed by atoms with Crippen LogP contribution < -0.4 is 19.5 Å². The second-order valence-corrected chi connectivity index (χ2v) is 8.86. The fourth-order valence-corrected chi connectivity index (χ4v) is 4.40. The molecule has 0 aliphatic rings. The number of nitrogens with one attached hydrogen (secondary N) is 1. The maximum atomic E-state index is 15.2. The second kappa shape index (κ2) is 10.5. The molecule has 3 aromatic carbocycles. The number of benzene rings is 3. The van der Waals surface area contributed by atoms with Gasteiger partial charge in [0.15, 0.2) is 23.1 Å². The average Bonchev–Trinajstić information content (AvgIpc) is 2.98. The van der Waals surface area contributed by atoms with Crippen LogP contribution >= 0.6 is 0 Å². The highest BCUT2D eigenvalue weighted by Crippen LogP contribution is 2.38. The van der Waals surface area contributed by atoms with Crippen molar-refractivity contribution in [1.82, 2.24) is 15.0 Å². The summed E-state index contributed by atoms with van der Waals surface area (Å²) in [7, 11) is 3.08. The number of fused-ring (bicyclic) bond motifs is 2. The molecule has 0 unspecified atom stereocenters. The van der Waals surface area contributed by atoms with Crippen molar-refractivity contribution in [3.63, 3.8) is 0 Å². The molecule has 0 saturated heterocycles. The SMILES string of the molecule is COc1cc2nccc(Oc3ccc(Nc4nccc5ncc(-c6ccc(F)cc6)cc45)cc3F)c2cc1OC. The van der Waals surface area contributed by atoms with Gasteiger partial charge in [0.05, 0.1) is 25.3 Å². The number of halogens is 2. The molecule has 6 rings (SSSR count). The molecule has 40 heavy (non-hydrogen) atoms. The molecule has 0 bridgehead atoms. The molecule has 0 radical (unpaired) electrons. The maximum Gasteiger partial charge on any atom is 0.167 e. The van der Waals surface area contributed by atoms with Crippen molar-refractivity contribution < 1.29 is 23.0 Å². The summed E-state index contributed by atoms with van der Waals surface area (Å²) >= 11 is 0. The summed E-state index contributed by atoms with van der Waals surface area (Å²) in [5.41, 5.74) is 3.42. The van der Waals surface area contributed by atoms with E-state index in [1.54, 1.807) is 68.2 Å². The van der Waals surface area contributed by atoms with E-state index in [1.165, 1.54) is 31.4 Å². The monoisotopic (exact) mass is 536 g/mol. The Bertz CT molecular complexity index is 1860. The van der Waals surface area contributed by atoms with Crippen molar-refractivity contribution in [2.24, 2.45) is 0 Å². The van der Waals surface area contributed by atoms with Crippen LogP contribution in [0, 0.1) is 11.6 Å². The highest BCUT2D eigenvalue weighted by Gasteiger charge is 2.14. The third kappa shape index (κ3) is 4.80. The molecular weight excluding hydrogens is 514 g/mol. The van der Waals surface area contributed by atoms with Crippen molar-refractivity contribution in [2.45, 2.75) is 0 Å². The van der Waals surface area contributed by atoms with Crippen LogP contribution in [0.2, 0.25) is 0 Å². The molecule has 0 spiro atoms. The van der Waals surface area contributed by atoms with E-state index in [1.807, 2.05) is 6.07 Å². The lowest BCUT2D eigenvalue weighted by Gasteiger charge is -2.14. The van der Waals surface area contributed by atoms with Crippen molar-refractivity contribution >= 4 is 33.3 Å². The van der Waals surface area contributed by atoms with Crippen LogP contribution in [0.5, 0.6) is 23.0 Å². The van der Waals surface area contributed by atoms with E-state index in [-0.39, 0.29) is 11.6 Å². The maximum absolute atomic E-state index is 15.2. The van der Waals surface area contributed by atoms with Gasteiger partial charge >= 0.3 is 0 Å². The zero-order valence-corrected chi connectivity index (χ0v) is 21.5. The number of anilines is 2. The van der Waals surface area contributed by atoms with Crippen molar-refractivity contribution in [3.8, 4) is 34.1 Å². The van der Waals surface area contributed by atoms with Gasteiger partial charge in [0.25, 0.3) is 0 Å². The molecule has 0 amide bonds. The smallest absolute Gasteiger partial charge is 0.167 e. The predicted molar refractivity (Wildman–Crippen MR) is 150 cm³/mol. The molecular formula is C31H22F2N4O3. The highest BCUT2D eigenvalue weighted by atomic mass is 19.1. The number of hydrogen-bond donors (Lipinski definition) is 1. The lowest BCUT2D eigenvalue weighted by atomic mass is 10.1. The van der Waals surface area contributed by atoms with E-state index in [9.17, 15) is 4.39 Å². The van der Waals surface area contributed by atoms with Gasteiger partial charge in [0.2, 0.25) is 0 Å². The highest BCUT2D eigenvalue weighted by molar-refractivity contribution is 5.93. The molecule has 7 nitrogen and oxygen atoms in total. The summed E-state index contributed by atoms with van der Waals surface area (Å²) < 4.78 is 45.3. The molecule has 198 valence electrons. The first-order valence-corrected chi connectivity index (χ1v) is 12.3. The minimum atomic E-state index is -0.569. The normalized spacial score (nSPS) is 11.0. The van der Waals surface area contributed by atoms with E-state index < -0.39 is 5.82 Å². The van der Waals surface area contributed by atoms with E-state index in [0.717, 1.165) is 16.5 Å². The van der Waals surface area contributed by atoms with E-state index >= 15 is 4.39 Å². The van der Waals surface area contributed by atoms with Crippen LogP contribution in [-0.4, -0.2) is 29.2 Å². The molecule has 3 aromatic heterocycles. The molecule has 0 atom stereocenters. The van der Waals surface area contributed by atoms with Gasteiger partial charge in [-0.25, -0.2) is 13.8 Å². The lowest BCUT2D eigenvalue weighted by Crippen LogP contribution is -1.98. The van der Waals surface area contributed by atoms with Crippen LogP contribution in [0.4, 0.5) is 20.3 Å². The zero-order valence-electron chi connectivity index (χ0n) is 21.5. The Hall–Kier alpha value is -5.31. The quantitative estimate of drug-likeness (QED) is 0.224. The summed E-state index contributed by atoms with van der Waals surface area (Å²) in [6.45, 7) is 0. The Morgan fingerprint density at radius 1 is 0.625 bits per heavy atom. The number of ether oxygens (including phenoxy) is 3. The van der Waals surface area contributed by atoms with E-state index in [4.69, 9.17) is 14.2 Å². The molecule has 1 N–H and O–H groups in total. The third-order valence-electron chi connectivity index (χ3n) is 6.41. The number of pyridine rings is 3. The average molecular weight is 537 g/mol. The van der Waals surface area contributed by atoms with Crippen LogP contribution in [0.3, 0.4) is 0 Å². The Morgan fingerprint density at radius 3 is 2.17 bits per heavy atom. The first kappa shape index (κ1) is 25.0. The summed E-state index contributed by atoms with van der Waals surface area (Å²) in [5.74, 6) is 1.12. The third-order valence-corrected chi connectivity index (χ3v) is 6.41. The van der Waals surface area contributed by atoms with Gasteiger partial charge in [-0.2, -0.15) is 0 Å². The lowest BCUT2D eigenvalue weighted by molar-refractivity contribution is 0.355. The fraction of sp³-hybridized carbons (Fsp3) is 0.0645. The fourth-order valence-electron chi connectivity index (χ4n) is 4.40. The van der Waals surface area contributed by atoms with Crippen LogP contribution in [0.25, 0.3) is 32.9 Å². The summed E-state index contributed by atoms with van der Waals surface area (Å²) in [4.78, 5) is 13.3. The van der Waals surface area contributed by atoms with E-state index in [2.05, 4.69) is 20.3 Å². The van der Waals surface area contributed by atoms with Gasteiger partial charge in [0, 0.05) is 52.7 Å². The van der Waals surface area contributed by atoms with Crippen molar-refractivity contribution in [2.75, 3.05) is 19.5 Å². The Balaban J connectivity index is 1.29. The van der Waals surface area contributed by atoms with Gasteiger partial charge in [-0.3, -0.25) is 9.97 Å². The van der Waals surface area contributed by atoms with Gasteiger partial charge in [-0.1, -0.05) is 12.1 Å². The number of methoxy groups -OCH3 is 2. The molecule has 0 saturated carbocycles. The topological polar surface area (TPSA) is 78.4 Å². The van der Waals surface area contributed by atoms with Gasteiger partial charge in [0.1, 0.15) is 17.4 Å². The van der Waals surface area contributed by atoms with E-state index in [0.29, 0.717) is 45.2 Å². The standard InChI is InChI=1S/C31H22F2N4O3/c1-38-29-15-22-26(16-30(29)39-2)34-12-10-27(22)40-28-8-7-21(14-24(28)33)37-31-23-13-19(17-36-25(23)9-11-35-31)18-3-5-20(32)6-4-18/h3-17H,1-2H3,(H,35,37). The number of hydrogen-bond acceptors (Lipinski definition) is 7. The number of aromatic nitrogens is 3. The molecule has 3 heterocycles. The number of nitrogens with zero attached hydrogens (tertiary/aromatic N) is 3. The minimum absolute atomic E-state index is 0.0407. The minimum Gasteiger partial charge on any atom is -0.493 e. The van der Waals surface area contributed by atoms with Crippen LogP contribution in [0.15, 0.2) is 91.4 Å². The predicted octanol–water partition coefficient (Wildman–Crippen LogP) is 7.68. The summed E-state index contributed by atoms with van der Waals surface area (Å²) in [6.07, 6.45) is 4.93.